The number of hydrogen-bond donors (Lipinski definition) is 1. The van der Waals surface area contributed by atoms with Crippen LogP contribution in [0.15, 0.2) is 24.3 Å². The first-order valence-corrected chi connectivity index (χ1v) is 9.98. The lowest BCUT2D eigenvalue weighted by Gasteiger charge is -2.30. The first-order valence-electron chi connectivity index (χ1n) is 8.78. The molecular formula is C18H21ClN4OS. The third-order valence-corrected chi connectivity index (χ3v) is 6.32. The highest BCUT2D eigenvalue weighted by Gasteiger charge is 2.30. The number of anilines is 1. The van der Waals surface area contributed by atoms with Gasteiger partial charge in [0.15, 0.2) is 0 Å². The van der Waals surface area contributed by atoms with Crippen molar-refractivity contribution in [3.05, 3.63) is 39.3 Å². The fourth-order valence-electron chi connectivity index (χ4n) is 3.18. The van der Waals surface area contributed by atoms with E-state index in [1.807, 2.05) is 12.1 Å². The van der Waals surface area contributed by atoms with Crippen LogP contribution < -0.4 is 5.32 Å². The standard InChI is InChI=1S/C18H21ClN4OS/c19-14-3-5-15(6-4-14)20-16(24)11-23-9-7-13(8-10-23)18-22-21-17(25-18)12-1-2-12/h3-6,12-13H,1-2,7-11H2,(H,20,24). The summed E-state index contributed by atoms with van der Waals surface area (Å²) in [5, 5.41) is 14.8. The first kappa shape index (κ1) is 16.9. The van der Waals surface area contributed by atoms with Gasteiger partial charge in [0.2, 0.25) is 5.91 Å². The fraction of sp³-hybridized carbons (Fsp3) is 0.500. The van der Waals surface area contributed by atoms with Gasteiger partial charge in [0.25, 0.3) is 0 Å². The highest BCUT2D eigenvalue weighted by atomic mass is 35.5. The number of aromatic nitrogens is 2. The second kappa shape index (κ2) is 7.40. The minimum atomic E-state index is 0.0210. The Morgan fingerprint density at radius 2 is 1.68 bits per heavy atom. The Hall–Kier alpha value is -1.50. The first-order chi connectivity index (χ1) is 12.2. The molecule has 0 spiro atoms. The van der Waals surface area contributed by atoms with Crippen molar-refractivity contribution in [2.75, 3.05) is 25.0 Å². The number of hydrogen-bond acceptors (Lipinski definition) is 5. The number of benzene rings is 1. The number of likely N-dealkylation sites (tertiary alicyclic amines) is 1. The summed E-state index contributed by atoms with van der Waals surface area (Å²) in [6, 6.07) is 7.19. The molecule has 25 heavy (non-hydrogen) atoms. The van der Waals surface area contributed by atoms with E-state index in [9.17, 15) is 4.79 Å². The number of nitrogens with one attached hydrogen (secondary N) is 1. The van der Waals surface area contributed by atoms with Crippen molar-refractivity contribution >= 4 is 34.5 Å². The van der Waals surface area contributed by atoms with Gasteiger partial charge in [-0.2, -0.15) is 0 Å². The van der Waals surface area contributed by atoms with Crippen LogP contribution in [0.5, 0.6) is 0 Å². The van der Waals surface area contributed by atoms with Crippen LogP contribution in [-0.4, -0.2) is 40.6 Å². The molecule has 1 aromatic heterocycles. The zero-order valence-corrected chi connectivity index (χ0v) is 15.5. The molecule has 2 heterocycles. The van der Waals surface area contributed by atoms with Gasteiger partial charge in [-0.25, -0.2) is 0 Å². The quantitative estimate of drug-likeness (QED) is 0.860. The summed E-state index contributed by atoms with van der Waals surface area (Å²) in [6.45, 7) is 2.28. The second-order valence-electron chi connectivity index (χ2n) is 6.86. The minimum Gasteiger partial charge on any atom is -0.325 e. The number of nitrogens with zero attached hydrogens (tertiary/aromatic N) is 3. The van der Waals surface area contributed by atoms with Gasteiger partial charge in [0, 0.05) is 22.5 Å². The molecule has 1 N–H and O–H groups in total. The summed E-state index contributed by atoms with van der Waals surface area (Å²) in [5.74, 6) is 1.20. The zero-order valence-electron chi connectivity index (χ0n) is 13.9. The molecule has 0 bridgehead atoms. The lowest BCUT2D eigenvalue weighted by Crippen LogP contribution is -2.38. The van der Waals surface area contributed by atoms with Gasteiger partial charge < -0.3 is 5.32 Å². The van der Waals surface area contributed by atoms with E-state index in [4.69, 9.17) is 11.6 Å². The predicted octanol–water partition coefficient (Wildman–Crippen LogP) is 3.89. The fourth-order valence-corrected chi connectivity index (χ4v) is 4.49. The lowest BCUT2D eigenvalue weighted by atomic mass is 9.98. The van der Waals surface area contributed by atoms with E-state index in [1.54, 1.807) is 23.5 Å². The molecule has 1 aliphatic carbocycles. The maximum atomic E-state index is 12.2. The molecule has 1 aromatic carbocycles. The van der Waals surface area contributed by atoms with Crippen molar-refractivity contribution in [2.45, 2.75) is 37.5 Å². The molecule has 132 valence electrons. The smallest absolute Gasteiger partial charge is 0.238 e. The largest absolute Gasteiger partial charge is 0.325 e. The number of rotatable bonds is 5. The van der Waals surface area contributed by atoms with Crippen molar-refractivity contribution in [1.82, 2.24) is 15.1 Å². The Kier molecular flexibility index (Phi) is 5.01. The lowest BCUT2D eigenvalue weighted by molar-refractivity contribution is -0.117. The number of carbonyl (C=O) groups is 1. The molecule has 0 radical (unpaired) electrons. The SMILES string of the molecule is O=C(CN1CCC(c2nnc(C3CC3)s2)CC1)Nc1ccc(Cl)cc1. The van der Waals surface area contributed by atoms with E-state index in [0.29, 0.717) is 23.4 Å². The molecule has 7 heteroatoms. The van der Waals surface area contributed by atoms with Crippen LogP contribution >= 0.6 is 22.9 Å². The van der Waals surface area contributed by atoms with Crippen molar-refractivity contribution in [3.63, 3.8) is 0 Å². The van der Waals surface area contributed by atoms with Crippen LogP contribution in [0.3, 0.4) is 0 Å². The van der Waals surface area contributed by atoms with Crippen LogP contribution in [0.1, 0.15) is 47.5 Å². The summed E-state index contributed by atoms with van der Waals surface area (Å²) in [5.41, 5.74) is 0.783. The molecule has 2 fully saturated rings. The average molecular weight is 377 g/mol. The summed E-state index contributed by atoms with van der Waals surface area (Å²) >= 11 is 7.66. The molecule has 1 saturated heterocycles. The van der Waals surface area contributed by atoms with Gasteiger partial charge in [-0.15, -0.1) is 21.5 Å². The van der Waals surface area contributed by atoms with E-state index in [2.05, 4.69) is 20.4 Å². The van der Waals surface area contributed by atoms with E-state index in [-0.39, 0.29) is 5.91 Å². The highest BCUT2D eigenvalue weighted by Crippen LogP contribution is 2.43. The molecule has 0 unspecified atom stereocenters. The van der Waals surface area contributed by atoms with Crippen LogP contribution in [0.2, 0.25) is 5.02 Å². The molecule has 4 rings (SSSR count). The number of carbonyl (C=O) groups excluding carboxylic acids is 1. The van der Waals surface area contributed by atoms with Gasteiger partial charge in [-0.1, -0.05) is 11.6 Å². The maximum absolute atomic E-state index is 12.2. The maximum Gasteiger partial charge on any atom is 0.238 e. The summed E-state index contributed by atoms with van der Waals surface area (Å²) in [7, 11) is 0. The van der Waals surface area contributed by atoms with Gasteiger partial charge in [-0.05, 0) is 63.0 Å². The Balaban J connectivity index is 1.25. The molecule has 1 saturated carbocycles. The van der Waals surface area contributed by atoms with Crippen molar-refractivity contribution < 1.29 is 4.79 Å². The highest BCUT2D eigenvalue weighted by molar-refractivity contribution is 7.11. The van der Waals surface area contributed by atoms with Crippen molar-refractivity contribution in [1.29, 1.82) is 0 Å². The predicted molar refractivity (Wildman–Crippen MR) is 100 cm³/mol. The van der Waals surface area contributed by atoms with Crippen LogP contribution in [-0.2, 0) is 4.79 Å². The van der Waals surface area contributed by atoms with Crippen LogP contribution in [0, 0.1) is 0 Å². The molecule has 2 aromatic rings. The van der Waals surface area contributed by atoms with E-state index in [1.165, 1.54) is 22.9 Å². The van der Waals surface area contributed by atoms with Gasteiger partial charge in [-0.3, -0.25) is 9.69 Å². The van der Waals surface area contributed by atoms with E-state index < -0.39 is 0 Å². The normalized spacial score (nSPS) is 19.1. The van der Waals surface area contributed by atoms with E-state index >= 15 is 0 Å². The van der Waals surface area contributed by atoms with Gasteiger partial charge >= 0.3 is 0 Å². The zero-order chi connectivity index (χ0) is 17.2. The summed E-state index contributed by atoms with van der Waals surface area (Å²) in [4.78, 5) is 14.4. The van der Waals surface area contributed by atoms with Gasteiger partial charge in [0.05, 0.1) is 6.54 Å². The Bertz CT molecular complexity index is 736. The summed E-state index contributed by atoms with van der Waals surface area (Å²) < 4.78 is 0. The minimum absolute atomic E-state index is 0.0210. The van der Waals surface area contributed by atoms with Crippen LogP contribution in [0.25, 0.3) is 0 Å². The third-order valence-electron chi connectivity index (χ3n) is 4.81. The van der Waals surface area contributed by atoms with Crippen molar-refractivity contribution in [2.24, 2.45) is 0 Å². The second-order valence-corrected chi connectivity index (χ2v) is 8.34. The van der Waals surface area contributed by atoms with Crippen LogP contribution in [0.4, 0.5) is 5.69 Å². The molecule has 2 aliphatic rings. The molecular weight excluding hydrogens is 356 g/mol. The Morgan fingerprint density at radius 1 is 1.08 bits per heavy atom. The Labute approximate surface area is 156 Å². The average Bonchev–Trinajstić information content (AvgIpc) is 3.35. The number of halogens is 1. The van der Waals surface area contributed by atoms with Gasteiger partial charge in [0.1, 0.15) is 10.0 Å². The molecule has 1 amide bonds. The number of piperidine rings is 1. The Morgan fingerprint density at radius 3 is 2.28 bits per heavy atom. The van der Waals surface area contributed by atoms with Crippen molar-refractivity contribution in [3.8, 4) is 0 Å². The number of amides is 1. The molecule has 0 atom stereocenters. The summed E-state index contributed by atoms with van der Waals surface area (Å²) in [6.07, 6.45) is 4.65. The third kappa shape index (κ3) is 4.37. The molecule has 5 nitrogen and oxygen atoms in total. The molecule has 1 aliphatic heterocycles. The monoisotopic (exact) mass is 376 g/mol. The van der Waals surface area contributed by atoms with E-state index in [0.717, 1.165) is 31.6 Å². The topological polar surface area (TPSA) is 58.1 Å².